The van der Waals surface area contributed by atoms with Gasteiger partial charge in [-0.2, -0.15) is 0 Å². The molecule has 0 aromatic heterocycles. The smallest absolute Gasteiger partial charge is 0.0330 e. The summed E-state index contributed by atoms with van der Waals surface area (Å²) in [5.74, 6) is 0. The van der Waals surface area contributed by atoms with Gasteiger partial charge < -0.3 is 0 Å². The lowest BCUT2D eigenvalue weighted by molar-refractivity contribution is 0.663. The maximum atomic E-state index is 2.51. The van der Waals surface area contributed by atoms with Crippen LogP contribution in [0, 0.1) is 0 Å². The van der Waals surface area contributed by atoms with Gasteiger partial charge in [-0.1, -0.05) is 33.9 Å². The van der Waals surface area contributed by atoms with Crippen LogP contribution >= 0.6 is 30.1 Å². The van der Waals surface area contributed by atoms with Crippen LogP contribution in [0.3, 0.4) is 0 Å². The quantitative estimate of drug-likeness (QED) is 0.533. The van der Waals surface area contributed by atoms with Gasteiger partial charge in [-0.05, 0) is 53.3 Å². The van der Waals surface area contributed by atoms with Crippen LogP contribution in [0.2, 0.25) is 0 Å². The molecule has 2 heteroatoms. The maximum Gasteiger partial charge on any atom is 0.0330 e. The van der Waals surface area contributed by atoms with E-state index in [9.17, 15) is 0 Å². The van der Waals surface area contributed by atoms with E-state index in [-0.39, 0.29) is 0 Å². The Hall–Kier alpha value is 0.820. The van der Waals surface area contributed by atoms with Crippen molar-refractivity contribution in [2.24, 2.45) is 0 Å². The number of unbranched alkanes of at least 4 members (excludes halogenated alkanes) is 1. The second kappa shape index (κ2) is 6.30. The SMILES string of the molecule is CCCCC1=CC(SI)CCC1. The highest BCUT2D eigenvalue weighted by Crippen LogP contribution is 2.32. The fraction of sp³-hybridized carbons (Fsp3) is 0.800. The standard InChI is InChI=1S/C10H17IS/c1-2-3-5-9-6-4-7-10(8-9)12-11/h8,10H,2-7H2,1H3. The Morgan fingerprint density at radius 1 is 1.67 bits per heavy atom. The van der Waals surface area contributed by atoms with Gasteiger partial charge in [0, 0.05) is 5.25 Å². The lowest BCUT2D eigenvalue weighted by Crippen LogP contribution is -2.04. The van der Waals surface area contributed by atoms with Gasteiger partial charge in [0.25, 0.3) is 0 Å². The Morgan fingerprint density at radius 2 is 2.50 bits per heavy atom. The van der Waals surface area contributed by atoms with Gasteiger partial charge in [0.15, 0.2) is 0 Å². The average molecular weight is 296 g/mol. The Bertz CT molecular complexity index is 154. The number of rotatable bonds is 4. The van der Waals surface area contributed by atoms with Gasteiger partial charge in [-0.25, -0.2) is 0 Å². The first kappa shape index (κ1) is 10.9. The van der Waals surface area contributed by atoms with Gasteiger partial charge in [0.05, 0.1) is 0 Å². The zero-order chi connectivity index (χ0) is 8.81. The molecule has 1 rings (SSSR count). The maximum absolute atomic E-state index is 2.51. The van der Waals surface area contributed by atoms with E-state index in [0.29, 0.717) is 0 Å². The molecule has 0 fully saturated rings. The van der Waals surface area contributed by atoms with Crippen LogP contribution in [-0.4, -0.2) is 5.25 Å². The predicted molar refractivity (Wildman–Crippen MR) is 66.9 cm³/mol. The molecule has 0 radical (unpaired) electrons. The number of hydrogen-bond donors (Lipinski definition) is 0. The van der Waals surface area contributed by atoms with E-state index in [4.69, 9.17) is 0 Å². The predicted octanol–water partition coefficient (Wildman–Crippen LogP) is 4.74. The van der Waals surface area contributed by atoms with Crippen LogP contribution in [-0.2, 0) is 0 Å². The normalized spacial score (nSPS) is 23.8. The third-order valence-corrected chi connectivity index (χ3v) is 4.93. The fourth-order valence-electron chi connectivity index (χ4n) is 1.64. The van der Waals surface area contributed by atoms with E-state index in [1.54, 1.807) is 5.57 Å². The molecule has 1 unspecified atom stereocenters. The molecule has 1 aliphatic carbocycles. The number of halogens is 1. The lowest BCUT2D eigenvalue weighted by Gasteiger charge is -2.18. The van der Waals surface area contributed by atoms with Crippen molar-refractivity contribution in [2.45, 2.75) is 50.7 Å². The minimum Gasteiger partial charge on any atom is -0.0818 e. The molecule has 0 saturated heterocycles. The fourth-order valence-corrected chi connectivity index (χ4v) is 3.35. The zero-order valence-electron chi connectivity index (χ0n) is 7.68. The zero-order valence-corrected chi connectivity index (χ0v) is 10.7. The minimum atomic E-state index is 0.811. The molecule has 0 spiro atoms. The summed E-state index contributed by atoms with van der Waals surface area (Å²) in [6.07, 6.45) is 10.7. The molecule has 70 valence electrons. The molecule has 12 heavy (non-hydrogen) atoms. The third kappa shape index (κ3) is 3.69. The molecule has 0 amide bonds. The molecule has 0 nitrogen and oxygen atoms in total. The number of allylic oxidation sites excluding steroid dienone is 1. The Balaban J connectivity index is 2.35. The topological polar surface area (TPSA) is 0 Å². The van der Waals surface area contributed by atoms with E-state index in [1.165, 1.54) is 38.5 Å². The average Bonchev–Trinajstić information content (AvgIpc) is 2.15. The highest BCUT2D eigenvalue weighted by molar-refractivity contribution is 14.2. The Labute approximate surface area is 92.2 Å². The molecule has 0 aromatic rings. The van der Waals surface area contributed by atoms with Crippen LogP contribution in [0.5, 0.6) is 0 Å². The van der Waals surface area contributed by atoms with Crippen molar-refractivity contribution in [3.63, 3.8) is 0 Å². The summed E-state index contributed by atoms with van der Waals surface area (Å²) in [7, 11) is 1.98. The molecular weight excluding hydrogens is 279 g/mol. The summed E-state index contributed by atoms with van der Waals surface area (Å²) in [6, 6.07) is 0. The summed E-state index contributed by atoms with van der Waals surface area (Å²) < 4.78 is 0. The van der Waals surface area contributed by atoms with Crippen LogP contribution in [0.1, 0.15) is 45.4 Å². The van der Waals surface area contributed by atoms with Crippen molar-refractivity contribution in [1.82, 2.24) is 0 Å². The first-order valence-corrected chi connectivity index (χ1v) is 8.26. The first-order valence-electron chi connectivity index (χ1n) is 4.83. The summed E-state index contributed by atoms with van der Waals surface area (Å²) in [4.78, 5) is 0. The molecule has 0 aliphatic heterocycles. The van der Waals surface area contributed by atoms with Crippen molar-refractivity contribution in [3.05, 3.63) is 11.6 Å². The largest absolute Gasteiger partial charge is 0.0818 e. The third-order valence-electron chi connectivity index (χ3n) is 2.37. The first-order chi connectivity index (χ1) is 5.86. The van der Waals surface area contributed by atoms with Gasteiger partial charge in [-0.15, -0.1) is 0 Å². The molecule has 0 N–H and O–H groups in total. The molecule has 0 saturated carbocycles. The van der Waals surface area contributed by atoms with E-state index >= 15 is 0 Å². The van der Waals surface area contributed by atoms with Gasteiger partial charge in [0.1, 0.15) is 0 Å². The molecule has 1 aliphatic rings. The number of hydrogen-bond acceptors (Lipinski definition) is 1. The molecule has 0 bridgehead atoms. The van der Waals surface area contributed by atoms with Crippen molar-refractivity contribution in [1.29, 1.82) is 0 Å². The summed E-state index contributed by atoms with van der Waals surface area (Å²) in [5, 5.41) is 0.811. The Morgan fingerprint density at radius 3 is 3.17 bits per heavy atom. The van der Waals surface area contributed by atoms with E-state index < -0.39 is 0 Å². The highest BCUT2D eigenvalue weighted by Gasteiger charge is 2.12. The summed E-state index contributed by atoms with van der Waals surface area (Å²) >= 11 is 2.43. The summed E-state index contributed by atoms with van der Waals surface area (Å²) in [6.45, 7) is 2.27. The molecule has 0 heterocycles. The molecular formula is C10H17IS. The second-order valence-electron chi connectivity index (χ2n) is 3.45. The van der Waals surface area contributed by atoms with Gasteiger partial charge in [0.2, 0.25) is 0 Å². The molecule has 0 aromatic carbocycles. The van der Waals surface area contributed by atoms with Gasteiger partial charge in [-0.3, -0.25) is 0 Å². The van der Waals surface area contributed by atoms with Crippen molar-refractivity contribution < 1.29 is 0 Å². The minimum absolute atomic E-state index is 0.811. The summed E-state index contributed by atoms with van der Waals surface area (Å²) in [5.41, 5.74) is 1.72. The van der Waals surface area contributed by atoms with Gasteiger partial charge >= 0.3 is 0 Å². The van der Waals surface area contributed by atoms with Crippen molar-refractivity contribution >= 4 is 30.1 Å². The Kier molecular flexibility index (Phi) is 5.72. The van der Waals surface area contributed by atoms with E-state index in [0.717, 1.165) is 5.25 Å². The monoisotopic (exact) mass is 296 g/mol. The van der Waals surface area contributed by atoms with Crippen LogP contribution in [0.4, 0.5) is 0 Å². The van der Waals surface area contributed by atoms with Crippen molar-refractivity contribution in [3.8, 4) is 0 Å². The van der Waals surface area contributed by atoms with Crippen LogP contribution < -0.4 is 0 Å². The van der Waals surface area contributed by atoms with E-state index in [1.807, 2.05) is 8.93 Å². The van der Waals surface area contributed by atoms with Crippen LogP contribution in [0.15, 0.2) is 11.6 Å². The van der Waals surface area contributed by atoms with E-state index in [2.05, 4.69) is 34.2 Å². The second-order valence-corrected chi connectivity index (χ2v) is 5.76. The van der Waals surface area contributed by atoms with Crippen molar-refractivity contribution in [2.75, 3.05) is 0 Å². The molecule has 1 atom stereocenters. The van der Waals surface area contributed by atoms with Crippen LogP contribution in [0.25, 0.3) is 0 Å². The lowest BCUT2D eigenvalue weighted by atomic mass is 9.95. The highest BCUT2D eigenvalue weighted by atomic mass is 127.